The molecule has 0 saturated heterocycles. The fourth-order valence-electron chi connectivity index (χ4n) is 3.22. The van der Waals surface area contributed by atoms with E-state index in [1.54, 1.807) is 24.3 Å². The average Bonchev–Trinajstić information content (AvgIpc) is 2.64. The SMILES string of the molecule is CCOCCOc1ccc(S(=O)(=O)NC(CN)C2CCCCC2)cc1.Cl. The number of ether oxygens (including phenoxy) is 2. The third-order valence-electron chi connectivity index (χ3n) is 4.61. The lowest BCUT2D eigenvalue weighted by Crippen LogP contribution is -2.45. The van der Waals surface area contributed by atoms with Gasteiger partial charge in [0.25, 0.3) is 0 Å². The van der Waals surface area contributed by atoms with Crippen molar-refractivity contribution in [2.24, 2.45) is 11.7 Å². The Hall–Kier alpha value is -0.860. The molecule has 8 heteroatoms. The van der Waals surface area contributed by atoms with Crippen LogP contribution in [0.25, 0.3) is 0 Å². The summed E-state index contributed by atoms with van der Waals surface area (Å²) < 4.78 is 38.8. The molecule has 2 rings (SSSR count). The zero-order valence-corrected chi connectivity index (χ0v) is 17.0. The van der Waals surface area contributed by atoms with E-state index in [0.717, 1.165) is 25.7 Å². The summed E-state index contributed by atoms with van der Waals surface area (Å²) in [6.45, 7) is 3.85. The summed E-state index contributed by atoms with van der Waals surface area (Å²) in [6, 6.07) is 6.25. The number of benzene rings is 1. The van der Waals surface area contributed by atoms with Gasteiger partial charge in [-0.1, -0.05) is 19.3 Å². The van der Waals surface area contributed by atoms with Crippen molar-refractivity contribution in [2.75, 3.05) is 26.4 Å². The summed E-state index contributed by atoms with van der Waals surface area (Å²) in [6.07, 6.45) is 5.60. The minimum absolute atomic E-state index is 0. The topological polar surface area (TPSA) is 90.6 Å². The summed E-state index contributed by atoms with van der Waals surface area (Å²) in [7, 11) is -3.58. The van der Waals surface area contributed by atoms with Crippen molar-refractivity contribution in [2.45, 2.75) is 50.0 Å². The molecule has 0 radical (unpaired) electrons. The highest BCUT2D eigenvalue weighted by molar-refractivity contribution is 7.89. The molecule has 1 unspecified atom stereocenters. The van der Waals surface area contributed by atoms with Crippen LogP contribution in [0.3, 0.4) is 0 Å². The largest absolute Gasteiger partial charge is 0.491 e. The minimum Gasteiger partial charge on any atom is -0.491 e. The Morgan fingerprint density at radius 3 is 2.38 bits per heavy atom. The first-order valence-corrected chi connectivity index (χ1v) is 10.6. The van der Waals surface area contributed by atoms with Crippen molar-refractivity contribution < 1.29 is 17.9 Å². The lowest BCUT2D eigenvalue weighted by Gasteiger charge is -2.29. The minimum atomic E-state index is -3.58. The molecule has 0 bridgehead atoms. The Morgan fingerprint density at radius 2 is 1.81 bits per heavy atom. The molecule has 6 nitrogen and oxygen atoms in total. The van der Waals surface area contributed by atoms with Crippen molar-refractivity contribution in [3.8, 4) is 5.75 Å². The molecule has 1 aliphatic rings. The van der Waals surface area contributed by atoms with Gasteiger partial charge in [0.15, 0.2) is 0 Å². The number of halogens is 1. The third-order valence-corrected chi connectivity index (χ3v) is 6.12. The summed E-state index contributed by atoms with van der Waals surface area (Å²) in [5.74, 6) is 0.955. The number of nitrogens with two attached hydrogens (primary N) is 1. The van der Waals surface area contributed by atoms with Crippen molar-refractivity contribution in [1.29, 1.82) is 0 Å². The second-order valence-electron chi connectivity index (χ2n) is 6.38. The second-order valence-corrected chi connectivity index (χ2v) is 8.09. The standard InChI is InChI=1S/C18H30N2O4S.ClH/c1-2-23-12-13-24-16-8-10-17(11-9-16)25(21,22)20-18(14-19)15-6-4-3-5-7-15;/h8-11,15,18,20H,2-7,12-14,19H2,1H3;1H. The first kappa shape index (κ1) is 23.2. The van der Waals surface area contributed by atoms with Crippen molar-refractivity contribution in [3.05, 3.63) is 24.3 Å². The van der Waals surface area contributed by atoms with Crippen LogP contribution in [0.15, 0.2) is 29.2 Å². The monoisotopic (exact) mass is 406 g/mol. The Balaban J connectivity index is 0.00000338. The number of nitrogens with one attached hydrogen (secondary N) is 1. The highest BCUT2D eigenvalue weighted by Crippen LogP contribution is 2.27. The van der Waals surface area contributed by atoms with Gasteiger partial charge in [-0.15, -0.1) is 12.4 Å². The van der Waals surface area contributed by atoms with E-state index in [0.29, 0.717) is 38.0 Å². The molecule has 150 valence electrons. The molecule has 1 atom stereocenters. The molecule has 26 heavy (non-hydrogen) atoms. The molecule has 1 aromatic rings. The van der Waals surface area contributed by atoms with Gasteiger partial charge in [0.05, 0.1) is 11.5 Å². The molecule has 0 aromatic heterocycles. The van der Waals surface area contributed by atoms with Gasteiger partial charge >= 0.3 is 0 Å². The first-order valence-electron chi connectivity index (χ1n) is 9.10. The molecule has 0 amide bonds. The Bertz CT molecular complexity index is 604. The van der Waals surface area contributed by atoms with Crippen LogP contribution in [-0.2, 0) is 14.8 Å². The molecule has 0 spiro atoms. The third kappa shape index (κ3) is 7.04. The molecule has 0 aliphatic heterocycles. The van der Waals surface area contributed by atoms with E-state index in [4.69, 9.17) is 15.2 Å². The number of sulfonamides is 1. The maximum atomic E-state index is 12.6. The molecule has 1 fully saturated rings. The lowest BCUT2D eigenvalue weighted by atomic mass is 9.84. The fraction of sp³-hybridized carbons (Fsp3) is 0.667. The zero-order valence-electron chi connectivity index (χ0n) is 15.4. The number of rotatable bonds is 10. The van der Waals surface area contributed by atoms with Crippen LogP contribution in [0.5, 0.6) is 5.75 Å². The van der Waals surface area contributed by atoms with Crippen LogP contribution in [-0.4, -0.2) is 40.8 Å². The van der Waals surface area contributed by atoms with Crippen molar-refractivity contribution in [3.63, 3.8) is 0 Å². The van der Waals surface area contributed by atoms with E-state index in [1.165, 1.54) is 6.42 Å². The van der Waals surface area contributed by atoms with Crippen LogP contribution in [0.2, 0.25) is 0 Å². The van der Waals surface area contributed by atoms with Gasteiger partial charge in [-0.2, -0.15) is 0 Å². The van der Waals surface area contributed by atoms with Crippen LogP contribution >= 0.6 is 12.4 Å². The number of hydrogen-bond donors (Lipinski definition) is 2. The molecule has 0 heterocycles. The first-order chi connectivity index (χ1) is 12.1. The van der Waals surface area contributed by atoms with Gasteiger partial charge in [0.2, 0.25) is 10.0 Å². The summed E-state index contributed by atoms with van der Waals surface area (Å²) in [4.78, 5) is 0.235. The van der Waals surface area contributed by atoms with Crippen LogP contribution < -0.4 is 15.2 Å². The number of hydrogen-bond acceptors (Lipinski definition) is 5. The average molecular weight is 407 g/mol. The highest BCUT2D eigenvalue weighted by Gasteiger charge is 2.27. The van der Waals surface area contributed by atoms with Gasteiger partial charge < -0.3 is 15.2 Å². The Kier molecular flexibility index (Phi) is 10.5. The fourth-order valence-corrected chi connectivity index (χ4v) is 4.54. The smallest absolute Gasteiger partial charge is 0.240 e. The second kappa shape index (κ2) is 11.8. The maximum absolute atomic E-state index is 12.6. The summed E-state index contributed by atoms with van der Waals surface area (Å²) >= 11 is 0. The van der Waals surface area contributed by atoms with Gasteiger partial charge in [-0.25, -0.2) is 13.1 Å². The molecule has 1 aromatic carbocycles. The summed E-state index contributed by atoms with van der Waals surface area (Å²) in [5, 5.41) is 0. The van der Waals surface area contributed by atoms with Gasteiger partial charge in [-0.3, -0.25) is 0 Å². The zero-order chi connectivity index (χ0) is 18.1. The predicted molar refractivity (Wildman–Crippen MR) is 105 cm³/mol. The summed E-state index contributed by atoms with van der Waals surface area (Å²) in [5.41, 5.74) is 5.83. The van der Waals surface area contributed by atoms with E-state index in [9.17, 15) is 8.42 Å². The lowest BCUT2D eigenvalue weighted by molar-refractivity contribution is 0.110. The van der Waals surface area contributed by atoms with E-state index < -0.39 is 10.0 Å². The van der Waals surface area contributed by atoms with Crippen molar-refractivity contribution in [1.82, 2.24) is 4.72 Å². The molecular weight excluding hydrogens is 376 g/mol. The quantitative estimate of drug-likeness (QED) is 0.583. The van der Waals surface area contributed by atoms with Gasteiger partial charge in [0, 0.05) is 19.2 Å². The van der Waals surface area contributed by atoms with Crippen LogP contribution in [0.4, 0.5) is 0 Å². The van der Waals surface area contributed by atoms with Crippen LogP contribution in [0, 0.1) is 5.92 Å². The molecule has 1 aliphatic carbocycles. The van der Waals surface area contributed by atoms with Gasteiger partial charge in [0.1, 0.15) is 12.4 Å². The van der Waals surface area contributed by atoms with E-state index in [2.05, 4.69) is 4.72 Å². The highest BCUT2D eigenvalue weighted by atomic mass is 35.5. The van der Waals surface area contributed by atoms with E-state index in [1.807, 2.05) is 6.92 Å². The van der Waals surface area contributed by atoms with Gasteiger partial charge in [-0.05, 0) is 49.9 Å². The molecule has 1 saturated carbocycles. The van der Waals surface area contributed by atoms with E-state index in [-0.39, 0.29) is 23.3 Å². The van der Waals surface area contributed by atoms with Crippen LogP contribution in [0.1, 0.15) is 39.0 Å². The Labute approximate surface area is 163 Å². The van der Waals surface area contributed by atoms with E-state index >= 15 is 0 Å². The van der Waals surface area contributed by atoms with Crippen molar-refractivity contribution >= 4 is 22.4 Å². The normalized spacial score (nSPS) is 16.7. The molecular formula is C18H31ClN2O4S. The Morgan fingerprint density at radius 1 is 1.15 bits per heavy atom. The maximum Gasteiger partial charge on any atom is 0.240 e. The predicted octanol–water partition coefficient (Wildman–Crippen LogP) is 2.71. The molecule has 3 N–H and O–H groups in total.